The number of carbonyl (C=O) groups is 1. The molecule has 7 heteroatoms. The van der Waals surface area contributed by atoms with Gasteiger partial charge in [0.15, 0.2) is 0 Å². The van der Waals surface area contributed by atoms with Crippen molar-refractivity contribution < 1.29 is 13.2 Å². The van der Waals surface area contributed by atoms with Crippen molar-refractivity contribution in [2.24, 2.45) is 5.41 Å². The quantitative estimate of drug-likeness (QED) is 0.798. The van der Waals surface area contributed by atoms with Gasteiger partial charge in [0.25, 0.3) is 10.0 Å². The number of hydrogen-bond donors (Lipinski definition) is 2. The molecule has 1 amide bonds. The molecule has 6 nitrogen and oxygen atoms in total. The molecule has 0 fully saturated rings. The summed E-state index contributed by atoms with van der Waals surface area (Å²) in [5.74, 6) is -0.0977. The maximum atomic E-state index is 12.8. The third kappa shape index (κ3) is 4.30. The van der Waals surface area contributed by atoms with Crippen LogP contribution in [0.2, 0.25) is 0 Å². The monoisotopic (exact) mass is 401 g/mol. The molecule has 1 heterocycles. The summed E-state index contributed by atoms with van der Waals surface area (Å²) in [7, 11) is -3.69. The van der Waals surface area contributed by atoms with E-state index in [2.05, 4.69) is 21.9 Å². The molecule has 1 aliphatic heterocycles. The van der Waals surface area contributed by atoms with Crippen molar-refractivity contribution in [3.63, 3.8) is 0 Å². The lowest BCUT2D eigenvalue weighted by Gasteiger charge is -2.18. The van der Waals surface area contributed by atoms with Crippen LogP contribution >= 0.6 is 0 Å². The van der Waals surface area contributed by atoms with E-state index in [0.717, 1.165) is 25.2 Å². The van der Waals surface area contributed by atoms with Gasteiger partial charge in [-0.25, -0.2) is 8.42 Å². The molecule has 0 saturated heterocycles. The highest BCUT2D eigenvalue weighted by Gasteiger charge is 2.23. The first kappa shape index (κ1) is 20.2. The van der Waals surface area contributed by atoms with Crippen molar-refractivity contribution in [2.75, 3.05) is 28.0 Å². The van der Waals surface area contributed by atoms with Gasteiger partial charge in [0.1, 0.15) is 0 Å². The van der Waals surface area contributed by atoms with Crippen LogP contribution in [0.3, 0.4) is 0 Å². The van der Waals surface area contributed by atoms with E-state index < -0.39 is 15.4 Å². The van der Waals surface area contributed by atoms with Crippen molar-refractivity contribution in [1.29, 1.82) is 0 Å². The van der Waals surface area contributed by atoms with Crippen LogP contribution in [0.25, 0.3) is 0 Å². The summed E-state index contributed by atoms with van der Waals surface area (Å²) in [5, 5.41) is 2.82. The Bertz CT molecular complexity index is 977. The largest absolute Gasteiger partial charge is 0.371 e. The fraction of sp³-hybridized carbons (Fsp3) is 0.381. The minimum atomic E-state index is -3.69. The SMILES string of the molecule is CCN1CCc2ccc(S(=O)(=O)Nc3ccc(NC(=O)C(C)(C)C)cc3)cc21. The van der Waals surface area contributed by atoms with E-state index >= 15 is 0 Å². The molecule has 1 aliphatic rings. The van der Waals surface area contributed by atoms with Gasteiger partial charge in [-0.15, -0.1) is 0 Å². The highest BCUT2D eigenvalue weighted by molar-refractivity contribution is 7.92. The van der Waals surface area contributed by atoms with Crippen LogP contribution in [0.1, 0.15) is 33.3 Å². The summed E-state index contributed by atoms with van der Waals surface area (Å²) in [6.45, 7) is 9.34. The van der Waals surface area contributed by atoms with Crippen LogP contribution in [0.4, 0.5) is 17.1 Å². The molecular formula is C21H27N3O3S. The standard InChI is InChI=1S/C21H27N3O3S/c1-5-24-13-12-15-6-11-18(14-19(15)24)28(26,27)23-17-9-7-16(8-10-17)22-20(25)21(2,3)4/h6-11,14,23H,5,12-13H2,1-4H3,(H,22,25). The zero-order valence-electron chi connectivity index (χ0n) is 16.7. The molecule has 0 unspecified atom stereocenters. The zero-order chi connectivity index (χ0) is 20.5. The molecule has 150 valence electrons. The summed E-state index contributed by atoms with van der Waals surface area (Å²) in [6.07, 6.45) is 0.943. The average Bonchev–Trinajstić information content (AvgIpc) is 3.04. The van der Waals surface area contributed by atoms with Gasteiger partial charge in [0, 0.05) is 35.6 Å². The first-order valence-corrected chi connectivity index (χ1v) is 10.9. The molecule has 0 saturated carbocycles. The second-order valence-corrected chi connectivity index (χ2v) is 9.69. The molecule has 28 heavy (non-hydrogen) atoms. The number of nitrogens with one attached hydrogen (secondary N) is 2. The summed E-state index contributed by atoms with van der Waals surface area (Å²) >= 11 is 0. The number of rotatable bonds is 5. The number of sulfonamides is 1. The summed E-state index contributed by atoms with van der Waals surface area (Å²) < 4.78 is 28.2. The number of carbonyl (C=O) groups excluding carboxylic acids is 1. The number of benzene rings is 2. The van der Waals surface area contributed by atoms with E-state index in [-0.39, 0.29) is 10.8 Å². The normalized spacial score (nSPS) is 13.9. The highest BCUT2D eigenvalue weighted by atomic mass is 32.2. The van der Waals surface area contributed by atoms with Gasteiger partial charge in [-0.3, -0.25) is 9.52 Å². The van der Waals surface area contributed by atoms with Gasteiger partial charge in [-0.2, -0.15) is 0 Å². The first-order chi connectivity index (χ1) is 13.1. The smallest absolute Gasteiger partial charge is 0.261 e. The van der Waals surface area contributed by atoms with Crippen LogP contribution in [-0.4, -0.2) is 27.4 Å². The number of nitrogens with zero attached hydrogens (tertiary/aromatic N) is 1. The summed E-state index contributed by atoms with van der Waals surface area (Å²) in [4.78, 5) is 14.5. The van der Waals surface area contributed by atoms with E-state index in [1.807, 2.05) is 26.8 Å². The van der Waals surface area contributed by atoms with Crippen molar-refractivity contribution in [2.45, 2.75) is 39.0 Å². The van der Waals surface area contributed by atoms with Crippen molar-refractivity contribution in [3.8, 4) is 0 Å². The molecule has 0 aliphatic carbocycles. The number of likely N-dealkylation sites (N-methyl/N-ethyl adjacent to an activating group) is 1. The third-order valence-corrected chi connectivity index (χ3v) is 6.20. The lowest BCUT2D eigenvalue weighted by atomic mass is 9.95. The van der Waals surface area contributed by atoms with Gasteiger partial charge in [0.05, 0.1) is 4.90 Å². The Morgan fingerprint density at radius 1 is 1.07 bits per heavy atom. The molecule has 3 rings (SSSR count). The Kier molecular flexibility index (Phi) is 5.39. The number of fused-ring (bicyclic) bond motifs is 1. The molecule has 0 aromatic heterocycles. The molecule has 2 aromatic rings. The van der Waals surface area contributed by atoms with Crippen LogP contribution in [0, 0.1) is 5.41 Å². The lowest BCUT2D eigenvalue weighted by Crippen LogP contribution is -2.27. The maximum Gasteiger partial charge on any atom is 0.261 e. The van der Waals surface area contributed by atoms with Crippen molar-refractivity contribution in [1.82, 2.24) is 0 Å². The van der Waals surface area contributed by atoms with E-state index in [4.69, 9.17) is 0 Å². The van der Waals surface area contributed by atoms with E-state index in [9.17, 15) is 13.2 Å². The molecule has 0 spiro atoms. The molecule has 2 aromatic carbocycles. The second-order valence-electron chi connectivity index (χ2n) is 8.01. The van der Waals surface area contributed by atoms with E-state index in [1.165, 1.54) is 5.56 Å². The first-order valence-electron chi connectivity index (χ1n) is 9.42. The summed E-state index contributed by atoms with van der Waals surface area (Å²) in [6, 6.07) is 11.9. The topological polar surface area (TPSA) is 78.5 Å². The maximum absolute atomic E-state index is 12.8. The average molecular weight is 402 g/mol. The van der Waals surface area contributed by atoms with Gasteiger partial charge < -0.3 is 10.2 Å². The van der Waals surface area contributed by atoms with Crippen LogP contribution in [0.5, 0.6) is 0 Å². The lowest BCUT2D eigenvalue weighted by molar-refractivity contribution is -0.123. The van der Waals surface area contributed by atoms with Crippen molar-refractivity contribution in [3.05, 3.63) is 48.0 Å². The molecule has 0 atom stereocenters. The van der Waals surface area contributed by atoms with Gasteiger partial charge in [-0.1, -0.05) is 26.8 Å². The van der Waals surface area contributed by atoms with Crippen molar-refractivity contribution >= 4 is 33.0 Å². The second kappa shape index (κ2) is 7.47. The molecule has 2 N–H and O–H groups in total. The predicted octanol–water partition coefficient (Wildman–Crippen LogP) is 3.85. The highest BCUT2D eigenvalue weighted by Crippen LogP contribution is 2.31. The number of hydrogen-bond acceptors (Lipinski definition) is 4. The predicted molar refractivity (Wildman–Crippen MR) is 113 cm³/mol. The molecular weight excluding hydrogens is 374 g/mol. The Balaban J connectivity index is 1.75. The fourth-order valence-corrected chi connectivity index (χ4v) is 4.15. The molecule has 0 radical (unpaired) electrons. The Labute approximate surface area is 167 Å². The Morgan fingerprint density at radius 3 is 2.32 bits per heavy atom. The van der Waals surface area contributed by atoms with Crippen LogP contribution in [-0.2, 0) is 21.2 Å². The van der Waals surface area contributed by atoms with E-state index in [1.54, 1.807) is 36.4 Å². The van der Waals surface area contributed by atoms with Crippen LogP contribution < -0.4 is 14.9 Å². The summed E-state index contributed by atoms with van der Waals surface area (Å²) in [5.41, 5.74) is 2.74. The third-order valence-electron chi connectivity index (χ3n) is 4.82. The number of amides is 1. The van der Waals surface area contributed by atoms with E-state index in [0.29, 0.717) is 11.4 Å². The van der Waals surface area contributed by atoms with Gasteiger partial charge >= 0.3 is 0 Å². The fourth-order valence-electron chi connectivity index (χ4n) is 3.08. The molecule has 0 bridgehead atoms. The van der Waals surface area contributed by atoms with Gasteiger partial charge in [-0.05, 0) is 55.3 Å². The van der Waals surface area contributed by atoms with Crippen LogP contribution in [0.15, 0.2) is 47.4 Å². The number of anilines is 3. The van der Waals surface area contributed by atoms with Gasteiger partial charge in [0.2, 0.25) is 5.91 Å². The Morgan fingerprint density at radius 2 is 1.71 bits per heavy atom. The Hall–Kier alpha value is -2.54. The minimum absolute atomic E-state index is 0.0977. The minimum Gasteiger partial charge on any atom is -0.371 e. The zero-order valence-corrected chi connectivity index (χ0v) is 17.6.